The molecule has 0 spiro atoms. The molecule has 0 saturated carbocycles. The summed E-state index contributed by atoms with van der Waals surface area (Å²) < 4.78 is 23.0. The monoisotopic (exact) mass is 717 g/mol. The number of rotatable bonds is 37. The minimum atomic E-state index is -4.57. The van der Waals surface area contributed by atoms with E-state index in [1.165, 1.54) is 116 Å². The first-order valence-electron chi connectivity index (χ1n) is 20.6. The molecule has 0 rings (SSSR count). The van der Waals surface area contributed by atoms with Crippen molar-refractivity contribution in [1.82, 2.24) is 5.32 Å². The third-order valence-electron chi connectivity index (χ3n) is 9.25. The Morgan fingerprint density at radius 2 is 1.10 bits per heavy atom. The number of likely N-dealkylation sites (N-methyl/N-ethyl adjacent to an activating group) is 1. The largest absolute Gasteiger partial charge is 0.756 e. The smallest absolute Gasteiger partial charge is 0.268 e. The Labute approximate surface area is 303 Å². The average Bonchev–Trinajstić information content (AvgIpc) is 3.04. The zero-order valence-electron chi connectivity index (χ0n) is 32.9. The second kappa shape index (κ2) is 33.1. The topological polar surface area (TPSA) is 108 Å². The zero-order valence-corrected chi connectivity index (χ0v) is 33.8. The van der Waals surface area contributed by atoms with Crippen LogP contribution < -0.4 is 10.2 Å². The number of carbonyl (C=O) groups is 1. The fourth-order valence-electron chi connectivity index (χ4n) is 5.92. The first-order chi connectivity index (χ1) is 23.5. The number of amides is 1. The molecule has 0 aliphatic rings. The van der Waals surface area contributed by atoms with Crippen molar-refractivity contribution in [2.24, 2.45) is 0 Å². The lowest BCUT2D eigenvalue weighted by molar-refractivity contribution is -0.870. The van der Waals surface area contributed by atoms with Crippen LogP contribution in [0, 0.1) is 0 Å². The number of hydrogen-bond acceptors (Lipinski definition) is 6. The van der Waals surface area contributed by atoms with Gasteiger partial charge >= 0.3 is 0 Å². The molecule has 3 atom stereocenters. The third-order valence-corrected chi connectivity index (χ3v) is 10.2. The number of hydrogen-bond donors (Lipinski definition) is 2. The Hall–Kier alpha value is -0.760. The third kappa shape index (κ3) is 35.4. The van der Waals surface area contributed by atoms with Gasteiger partial charge in [0.05, 0.1) is 39.9 Å². The normalized spacial score (nSPS) is 14.7. The van der Waals surface area contributed by atoms with Gasteiger partial charge < -0.3 is 28.8 Å². The van der Waals surface area contributed by atoms with Crippen molar-refractivity contribution in [2.45, 2.75) is 199 Å². The summed E-state index contributed by atoms with van der Waals surface area (Å²) in [4.78, 5) is 24.9. The Morgan fingerprint density at radius 3 is 1.53 bits per heavy atom. The van der Waals surface area contributed by atoms with Crippen molar-refractivity contribution >= 4 is 13.7 Å². The summed E-state index contributed by atoms with van der Waals surface area (Å²) in [5.74, 6) is -0.210. The van der Waals surface area contributed by atoms with Gasteiger partial charge in [0.1, 0.15) is 13.2 Å². The van der Waals surface area contributed by atoms with Crippen molar-refractivity contribution in [1.29, 1.82) is 0 Å². The second-order valence-corrected chi connectivity index (χ2v) is 16.8. The number of phosphoric ester groups is 1. The summed E-state index contributed by atoms with van der Waals surface area (Å²) in [6, 6.07) is -0.876. The molecule has 0 heterocycles. The number of unbranched alkanes of at least 4 members (excludes halogenated alkanes) is 24. The minimum Gasteiger partial charge on any atom is -0.756 e. The van der Waals surface area contributed by atoms with Crippen LogP contribution in [0.25, 0.3) is 0 Å². The van der Waals surface area contributed by atoms with E-state index >= 15 is 0 Å². The highest BCUT2D eigenvalue weighted by Crippen LogP contribution is 2.38. The predicted octanol–water partition coefficient (Wildman–Crippen LogP) is 10.2. The minimum absolute atomic E-state index is 0.000988. The number of aliphatic hydroxyl groups excluding tert-OH is 1. The fraction of sp³-hybridized carbons (Fsp3) is 0.925. The number of phosphoric acid groups is 1. The Kier molecular flexibility index (Phi) is 32.6. The quantitative estimate of drug-likeness (QED) is 0.0287. The van der Waals surface area contributed by atoms with Gasteiger partial charge in [0.25, 0.3) is 7.82 Å². The molecule has 9 heteroatoms. The van der Waals surface area contributed by atoms with Gasteiger partial charge in [-0.05, 0) is 19.3 Å². The summed E-state index contributed by atoms with van der Waals surface area (Å²) in [6.45, 7) is 4.55. The van der Waals surface area contributed by atoms with E-state index in [4.69, 9.17) is 9.05 Å². The summed E-state index contributed by atoms with van der Waals surface area (Å²) in [6.07, 6.45) is 35.9. The zero-order chi connectivity index (χ0) is 36.5. The van der Waals surface area contributed by atoms with Crippen molar-refractivity contribution in [3.63, 3.8) is 0 Å². The summed E-state index contributed by atoms with van der Waals surface area (Å²) in [5.41, 5.74) is 0. The number of aliphatic hydroxyl groups is 1. The molecular formula is C40H81N2O6P. The highest BCUT2D eigenvalue weighted by Gasteiger charge is 2.23. The van der Waals surface area contributed by atoms with Crippen LogP contribution in [-0.2, 0) is 18.4 Å². The number of allylic oxidation sites excluding steroid dienone is 1. The number of quaternary nitrogens is 1. The SMILES string of the molecule is CCCCCCCCCCCCCCCCCCCCCC/C=C/C(O)C(COP(=O)([O-])OCC[N+](C)(C)C)NC(=O)CCCCCCC. The molecule has 0 aromatic heterocycles. The van der Waals surface area contributed by atoms with E-state index < -0.39 is 20.0 Å². The fourth-order valence-corrected chi connectivity index (χ4v) is 6.64. The molecule has 1 amide bonds. The van der Waals surface area contributed by atoms with Crippen LogP contribution in [0.1, 0.15) is 187 Å². The highest BCUT2D eigenvalue weighted by atomic mass is 31.2. The maximum atomic E-state index is 12.6. The van der Waals surface area contributed by atoms with Crippen LogP contribution in [0.3, 0.4) is 0 Å². The lowest BCUT2D eigenvalue weighted by atomic mass is 10.0. The molecule has 0 bridgehead atoms. The van der Waals surface area contributed by atoms with Crippen molar-refractivity contribution in [2.75, 3.05) is 40.9 Å². The molecule has 0 aromatic carbocycles. The predicted molar refractivity (Wildman–Crippen MR) is 205 cm³/mol. The van der Waals surface area contributed by atoms with Gasteiger partial charge in [0.15, 0.2) is 0 Å². The molecule has 292 valence electrons. The van der Waals surface area contributed by atoms with Crippen LogP contribution in [0.4, 0.5) is 0 Å². The molecule has 49 heavy (non-hydrogen) atoms. The molecule has 0 saturated heterocycles. The summed E-state index contributed by atoms with van der Waals surface area (Å²) >= 11 is 0. The van der Waals surface area contributed by atoms with Gasteiger partial charge in [-0.25, -0.2) is 0 Å². The average molecular weight is 717 g/mol. The first kappa shape index (κ1) is 48.2. The van der Waals surface area contributed by atoms with Crippen molar-refractivity contribution in [3.8, 4) is 0 Å². The molecular weight excluding hydrogens is 635 g/mol. The molecule has 0 aromatic rings. The van der Waals surface area contributed by atoms with E-state index in [-0.39, 0.29) is 19.1 Å². The van der Waals surface area contributed by atoms with Gasteiger partial charge in [0, 0.05) is 6.42 Å². The maximum Gasteiger partial charge on any atom is 0.268 e. The van der Waals surface area contributed by atoms with Gasteiger partial charge in [-0.1, -0.05) is 174 Å². The van der Waals surface area contributed by atoms with Crippen LogP contribution in [0.5, 0.6) is 0 Å². The summed E-state index contributed by atoms with van der Waals surface area (Å²) in [5, 5.41) is 13.6. The number of nitrogens with zero attached hydrogens (tertiary/aromatic N) is 1. The van der Waals surface area contributed by atoms with Crippen LogP contribution >= 0.6 is 7.82 Å². The Bertz CT molecular complexity index is 819. The van der Waals surface area contributed by atoms with Gasteiger partial charge in [0.2, 0.25) is 5.91 Å². The highest BCUT2D eigenvalue weighted by molar-refractivity contribution is 7.45. The first-order valence-corrected chi connectivity index (χ1v) is 22.0. The Morgan fingerprint density at radius 1 is 0.694 bits per heavy atom. The van der Waals surface area contributed by atoms with Gasteiger partial charge in [-0.15, -0.1) is 0 Å². The van der Waals surface area contributed by atoms with E-state index in [2.05, 4.69) is 19.2 Å². The molecule has 0 fully saturated rings. The molecule has 0 aliphatic heterocycles. The molecule has 3 unspecified atom stereocenters. The maximum absolute atomic E-state index is 12.6. The second-order valence-electron chi connectivity index (χ2n) is 15.4. The lowest BCUT2D eigenvalue weighted by Gasteiger charge is -2.29. The molecule has 0 aliphatic carbocycles. The number of carbonyl (C=O) groups excluding carboxylic acids is 1. The van der Waals surface area contributed by atoms with Crippen LogP contribution in [-0.4, -0.2) is 68.5 Å². The lowest BCUT2D eigenvalue weighted by Crippen LogP contribution is -2.45. The van der Waals surface area contributed by atoms with E-state index in [0.717, 1.165) is 51.4 Å². The van der Waals surface area contributed by atoms with E-state index in [9.17, 15) is 19.4 Å². The van der Waals surface area contributed by atoms with E-state index in [1.54, 1.807) is 6.08 Å². The number of nitrogens with one attached hydrogen (secondary N) is 1. The van der Waals surface area contributed by atoms with Crippen LogP contribution in [0.2, 0.25) is 0 Å². The van der Waals surface area contributed by atoms with Gasteiger partial charge in [-0.3, -0.25) is 9.36 Å². The van der Waals surface area contributed by atoms with E-state index in [1.807, 2.05) is 27.2 Å². The van der Waals surface area contributed by atoms with E-state index in [0.29, 0.717) is 17.4 Å². The van der Waals surface area contributed by atoms with Crippen LogP contribution in [0.15, 0.2) is 12.2 Å². The molecule has 2 N–H and O–H groups in total. The van der Waals surface area contributed by atoms with Crippen molar-refractivity contribution in [3.05, 3.63) is 12.2 Å². The molecule has 0 radical (unpaired) electrons. The Balaban J connectivity index is 4.16. The summed E-state index contributed by atoms with van der Waals surface area (Å²) in [7, 11) is 1.26. The molecule has 8 nitrogen and oxygen atoms in total. The van der Waals surface area contributed by atoms with Crippen molar-refractivity contribution < 1.29 is 32.9 Å². The standard InChI is InChI=1S/C40H81N2O6P/c1-6-8-10-12-13-14-15-16-17-18-19-20-21-22-23-24-25-26-27-28-30-31-33-39(43)38(41-40(44)34-32-29-11-9-7-2)37-48-49(45,46)47-36-35-42(3,4)5/h31,33,38-39,43H,6-30,32,34-37H2,1-5H3,(H-,41,44,45,46)/b33-31+. The van der Waals surface area contributed by atoms with Gasteiger partial charge in [-0.2, -0.15) is 0 Å².